The van der Waals surface area contributed by atoms with Crippen LogP contribution in [0.5, 0.6) is 0 Å². The molecule has 15 heavy (non-hydrogen) atoms. The molecule has 0 N–H and O–H groups in total. The fourth-order valence-corrected chi connectivity index (χ4v) is 3.25. The van der Waals surface area contributed by atoms with Crippen molar-refractivity contribution in [3.63, 3.8) is 0 Å². The van der Waals surface area contributed by atoms with Gasteiger partial charge in [-0.1, -0.05) is 0 Å². The fourth-order valence-electron chi connectivity index (χ4n) is 2.70. The number of ether oxygens (including phenoxy) is 1. The molecule has 1 aromatic rings. The highest BCUT2D eigenvalue weighted by Crippen LogP contribution is 2.54. The van der Waals surface area contributed by atoms with E-state index in [0.29, 0.717) is 5.92 Å². The standard InChI is InChI=1S/C12H14ClNO/c13-11(5-8-1-3-14-4-2-8)12-9-6-15-7-10(9)12/h1-4,9-12H,5-7H2. The number of hydrogen-bond acceptors (Lipinski definition) is 2. The van der Waals surface area contributed by atoms with E-state index in [4.69, 9.17) is 16.3 Å². The number of aromatic nitrogens is 1. The average molecular weight is 224 g/mol. The van der Waals surface area contributed by atoms with Crippen LogP contribution in [0.4, 0.5) is 0 Å². The Morgan fingerprint density at radius 3 is 2.67 bits per heavy atom. The molecule has 3 unspecified atom stereocenters. The van der Waals surface area contributed by atoms with Crippen LogP contribution in [0.3, 0.4) is 0 Å². The first-order valence-electron chi connectivity index (χ1n) is 5.47. The summed E-state index contributed by atoms with van der Waals surface area (Å²) < 4.78 is 5.37. The van der Waals surface area contributed by atoms with Crippen molar-refractivity contribution in [3.05, 3.63) is 30.1 Å². The molecule has 1 aliphatic carbocycles. The summed E-state index contributed by atoms with van der Waals surface area (Å²) in [6, 6.07) is 4.09. The van der Waals surface area contributed by atoms with Crippen LogP contribution >= 0.6 is 11.6 Å². The lowest BCUT2D eigenvalue weighted by Crippen LogP contribution is -2.12. The Kier molecular flexibility index (Phi) is 2.41. The van der Waals surface area contributed by atoms with Gasteiger partial charge in [-0.15, -0.1) is 11.6 Å². The van der Waals surface area contributed by atoms with Gasteiger partial charge in [-0.05, 0) is 41.9 Å². The molecule has 0 radical (unpaired) electrons. The molecule has 2 fully saturated rings. The molecule has 2 heterocycles. The van der Waals surface area contributed by atoms with Crippen LogP contribution in [0.15, 0.2) is 24.5 Å². The van der Waals surface area contributed by atoms with Crippen molar-refractivity contribution in [2.75, 3.05) is 13.2 Å². The van der Waals surface area contributed by atoms with Gasteiger partial charge < -0.3 is 4.74 Å². The predicted octanol–water partition coefficient (Wildman–Crippen LogP) is 2.12. The quantitative estimate of drug-likeness (QED) is 0.733. The maximum atomic E-state index is 6.44. The Morgan fingerprint density at radius 2 is 2.00 bits per heavy atom. The highest BCUT2D eigenvalue weighted by atomic mass is 35.5. The highest BCUT2D eigenvalue weighted by Gasteiger charge is 2.56. The lowest BCUT2D eigenvalue weighted by molar-refractivity contribution is 0.150. The van der Waals surface area contributed by atoms with Crippen LogP contribution < -0.4 is 0 Å². The molecule has 1 aromatic heterocycles. The lowest BCUT2D eigenvalue weighted by Gasteiger charge is -2.11. The molecule has 1 saturated carbocycles. The lowest BCUT2D eigenvalue weighted by atomic mass is 10.1. The van der Waals surface area contributed by atoms with Crippen LogP contribution in [0.2, 0.25) is 0 Å². The number of hydrogen-bond donors (Lipinski definition) is 0. The van der Waals surface area contributed by atoms with Crippen molar-refractivity contribution in [1.82, 2.24) is 4.98 Å². The van der Waals surface area contributed by atoms with Gasteiger partial charge in [0.05, 0.1) is 13.2 Å². The molecule has 2 aliphatic rings. The summed E-state index contributed by atoms with van der Waals surface area (Å²) in [6.45, 7) is 1.85. The van der Waals surface area contributed by atoms with E-state index in [9.17, 15) is 0 Å². The molecule has 80 valence electrons. The van der Waals surface area contributed by atoms with Gasteiger partial charge in [-0.3, -0.25) is 4.98 Å². The summed E-state index contributed by atoms with van der Waals surface area (Å²) in [5, 5.41) is 0.270. The van der Waals surface area contributed by atoms with Gasteiger partial charge in [-0.25, -0.2) is 0 Å². The SMILES string of the molecule is ClC(Cc1ccncc1)C1C2COCC21. The van der Waals surface area contributed by atoms with E-state index in [0.717, 1.165) is 31.5 Å². The second-order valence-corrected chi connectivity index (χ2v) is 5.08. The Balaban J connectivity index is 1.60. The average Bonchev–Trinajstić information content (AvgIpc) is 2.75. The summed E-state index contributed by atoms with van der Waals surface area (Å²) in [6.07, 6.45) is 4.62. The maximum Gasteiger partial charge on any atom is 0.0501 e. The third-order valence-corrected chi connectivity index (χ3v) is 4.06. The molecule has 1 aliphatic heterocycles. The Morgan fingerprint density at radius 1 is 1.33 bits per heavy atom. The Hall–Kier alpha value is -0.600. The van der Waals surface area contributed by atoms with E-state index < -0.39 is 0 Å². The molecule has 0 aromatic carbocycles. The van der Waals surface area contributed by atoms with Gasteiger partial charge in [0.15, 0.2) is 0 Å². The van der Waals surface area contributed by atoms with Crippen LogP contribution in [0.25, 0.3) is 0 Å². The minimum absolute atomic E-state index is 0.270. The maximum absolute atomic E-state index is 6.44. The van der Waals surface area contributed by atoms with Gasteiger partial charge in [0.2, 0.25) is 0 Å². The van der Waals surface area contributed by atoms with Crippen LogP contribution in [-0.2, 0) is 11.2 Å². The second kappa shape index (κ2) is 3.76. The van der Waals surface area contributed by atoms with Gasteiger partial charge in [0.1, 0.15) is 0 Å². The van der Waals surface area contributed by atoms with Gasteiger partial charge >= 0.3 is 0 Å². The molecule has 3 rings (SSSR count). The summed E-state index contributed by atoms with van der Waals surface area (Å²) in [7, 11) is 0. The number of rotatable bonds is 3. The third kappa shape index (κ3) is 1.77. The number of halogens is 1. The first kappa shape index (κ1) is 9.61. The van der Waals surface area contributed by atoms with Crippen LogP contribution in [0, 0.1) is 17.8 Å². The van der Waals surface area contributed by atoms with Crippen molar-refractivity contribution in [2.45, 2.75) is 11.8 Å². The molecular weight excluding hydrogens is 210 g/mol. The van der Waals surface area contributed by atoms with Gasteiger partial charge in [0, 0.05) is 17.8 Å². The molecule has 0 spiro atoms. The molecule has 3 atom stereocenters. The van der Waals surface area contributed by atoms with E-state index in [1.807, 2.05) is 24.5 Å². The summed E-state index contributed by atoms with van der Waals surface area (Å²) in [5.74, 6) is 2.18. The van der Waals surface area contributed by atoms with Crippen LogP contribution in [-0.4, -0.2) is 23.6 Å². The Bertz CT molecular complexity index is 333. The predicted molar refractivity (Wildman–Crippen MR) is 58.9 cm³/mol. The first-order valence-corrected chi connectivity index (χ1v) is 5.90. The van der Waals surface area contributed by atoms with E-state index >= 15 is 0 Å². The number of fused-ring (bicyclic) bond motifs is 1. The molecular formula is C12H14ClNO. The van der Waals surface area contributed by atoms with Crippen LogP contribution in [0.1, 0.15) is 5.56 Å². The minimum Gasteiger partial charge on any atom is -0.381 e. The normalized spacial score (nSPS) is 34.9. The topological polar surface area (TPSA) is 22.1 Å². The zero-order chi connectivity index (χ0) is 10.3. The molecule has 3 heteroatoms. The van der Waals surface area contributed by atoms with E-state index in [1.165, 1.54) is 5.56 Å². The summed E-state index contributed by atoms with van der Waals surface area (Å²) in [4.78, 5) is 4.01. The summed E-state index contributed by atoms with van der Waals surface area (Å²) >= 11 is 6.44. The van der Waals surface area contributed by atoms with E-state index in [1.54, 1.807) is 0 Å². The zero-order valence-electron chi connectivity index (χ0n) is 8.47. The van der Waals surface area contributed by atoms with Crippen molar-refractivity contribution >= 4 is 11.6 Å². The number of pyridine rings is 1. The third-order valence-electron chi connectivity index (χ3n) is 3.62. The van der Waals surface area contributed by atoms with Crippen molar-refractivity contribution in [1.29, 1.82) is 0 Å². The number of alkyl halides is 1. The van der Waals surface area contributed by atoms with Gasteiger partial charge in [-0.2, -0.15) is 0 Å². The molecule has 1 saturated heterocycles. The second-order valence-electron chi connectivity index (χ2n) is 4.52. The van der Waals surface area contributed by atoms with E-state index in [2.05, 4.69) is 4.98 Å². The molecule has 2 nitrogen and oxygen atoms in total. The highest BCUT2D eigenvalue weighted by molar-refractivity contribution is 6.21. The largest absolute Gasteiger partial charge is 0.381 e. The minimum atomic E-state index is 0.270. The fraction of sp³-hybridized carbons (Fsp3) is 0.583. The smallest absolute Gasteiger partial charge is 0.0501 e. The van der Waals surface area contributed by atoms with Crippen molar-refractivity contribution in [3.8, 4) is 0 Å². The van der Waals surface area contributed by atoms with E-state index in [-0.39, 0.29) is 5.38 Å². The monoisotopic (exact) mass is 223 g/mol. The van der Waals surface area contributed by atoms with Gasteiger partial charge in [0.25, 0.3) is 0 Å². The first-order chi connectivity index (χ1) is 7.36. The molecule has 0 bridgehead atoms. The molecule has 0 amide bonds. The Labute approximate surface area is 94.6 Å². The summed E-state index contributed by atoms with van der Waals surface area (Å²) in [5.41, 5.74) is 1.29. The zero-order valence-corrected chi connectivity index (χ0v) is 9.23. The number of nitrogens with zero attached hydrogens (tertiary/aromatic N) is 1. The van der Waals surface area contributed by atoms with Crippen molar-refractivity contribution in [2.24, 2.45) is 17.8 Å². The van der Waals surface area contributed by atoms with Crippen molar-refractivity contribution < 1.29 is 4.74 Å².